The molecule has 1 aromatic rings. The van der Waals surface area contributed by atoms with Crippen LogP contribution in [0.3, 0.4) is 0 Å². The normalized spacial score (nSPS) is 9.71. The van der Waals surface area contributed by atoms with Gasteiger partial charge in [0.25, 0.3) is 0 Å². The quantitative estimate of drug-likeness (QED) is 0.456. The fraction of sp³-hybridized carbons (Fsp3) is 0.273. The molecule has 0 aromatic heterocycles. The molecular formula is C11H14O3. The van der Waals surface area contributed by atoms with Gasteiger partial charge in [0.15, 0.2) is 0 Å². The maximum Gasteiger partial charge on any atom is 0.314 e. The second kappa shape index (κ2) is 4.15. The van der Waals surface area contributed by atoms with Gasteiger partial charge in [0.05, 0.1) is 0 Å². The van der Waals surface area contributed by atoms with Crippen LogP contribution in [-0.4, -0.2) is 5.26 Å². The van der Waals surface area contributed by atoms with Crippen LogP contribution in [0.5, 0.6) is 5.75 Å². The summed E-state index contributed by atoms with van der Waals surface area (Å²) in [5, 5.41) is 8.31. The number of aryl methyl sites for hydroxylation is 3. The van der Waals surface area contributed by atoms with Gasteiger partial charge in [0.1, 0.15) is 5.75 Å². The van der Waals surface area contributed by atoms with Crippen molar-refractivity contribution in [1.29, 1.82) is 0 Å². The van der Waals surface area contributed by atoms with Crippen molar-refractivity contribution in [2.24, 2.45) is 0 Å². The summed E-state index contributed by atoms with van der Waals surface area (Å²) >= 11 is 0. The number of hydrogen-bond donors (Lipinski definition) is 1. The van der Waals surface area contributed by atoms with E-state index in [2.05, 4.69) is 11.5 Å². The lowest BCUT2D eigenvalue weighted by molar-refractivity contribution is -0.230. The van der Waals surface area contributed by atoms with E-state index in [4.69, 9.17) is 9.99 Å². The number of ether oxygens (including phenoxy) is 1. The van der Waals surface area contributed by atoms with Gasteiger partial charge in [-0.15, -0.1) is 0 Å². The monoisotopic (exact) mass is 194 g/mol. The SMILES string of the molecule is C=C(OO)Oc1c(C)cc(C)cc1C. The van der Waals surface area contributed by atoms with E-state index in [1.165, 1.54) is 5.56 Å². The van der Waals surface area contributed by atoms with Gasteiger partial charge in [-0.2, -0.15) is 5.26 Å². The lowest BCUT2D eigenvalue weighted by atomic mass is 10.1. The van der Waals surface area contributed by atoms with Gasteiger partial charge in [-0.1, -0.05) is 17.7 Å². The van der Waals surface area contributed by atoms with Crippen molar-refractivity contribution in [2.45, 2.75) is 20.8 Å². The minimum Gasteiger partial charge on any atom is -0.424 e. The summed E-state index contributed by atoms with van der Waals surface area (Å²) in [4.78, 5) is 3.88. The lowest BCUT2D eigenvalue weighted by Gasteiger charge is -2.11. The molecule has 0 aliphatic rings. The first-order valence-corrected chi connectivity index (χ1v) is 4.30. The number of benzene rings is 1. The fourth-order valence-electron chi connectivity index (χ4n) is 1.46. The molecule has 0 aliphatic heterocycles. The maximum atomic E-state index is 8.31. The van der Waals surface area contributed by atoms with Crippen LogP contribution in [0.4, 0.5) is 0 Å². The Morgan fingerprint density at radius 3 is 2.14 bits per heavy atom. The van der Waals surface area contributed by atoms with E-state index in [-0.39, 0.29) is 5.95 Å². The summed E-state index contributed by atoms with van der Waals surface area (Å²) in [6.45, 7) is 9.25. The summed E-state index contributed by atoms with van der Waals surface area (Å²) in [6.07, 6.45) is 0. The Morgan fingerprint density at radius 2 is 1.71 bits per heavy atom. The highest BCUT2D eigenvalue weighted by Gasteiger charge is 2.07. The molecule has 3 nitrogen and oxygen atoms in total. The van der Waals surface area contributed by atoms with Crippen molar-refractivity contribution in [3.63, 3.8) is 0 Å². The fourth-order valence-corrected chi connectivity index (χ4v) is 1.46. The van der Waals surface area contributed by atoms with E-state index in [0.29, 0.717) is 5.75 Å². The molecule has 0 radical (unpaired) electrons. The largest absolute Gasteiger partial charge is 0.424 e. The minimum absolute atomic E-state index is 0.125. The Morgan fingerprint density at radius 1 is 1.21 bits per heavy atom. The van der Waals surface area contributed by atoms with E-state index in [1.807, 2.05) is 32.9 Å². The van der Waals surface area contributed by atoms with E-state index < -0.39 is 0 Å². The van der Waals surface area contributed by atoms with Crippen LogP contribution in [0.1, 0.15) is 16.7 Å². The zero-order valence-corrected chi connectivity index (χ0v) is 8.63. The van der Waals surface area contributed by atoms with Crippen LogP contribution >= 0.6 is 0 Å². The smallest absolute Gasteiger partial charge is 0.314 e. The zero-order valence-electron chi connectivity index (χ0n) is 8.63. The molecule has 0 unspecified atom stereocenters. The molecule has 0 bridgehead atoms. The predicted octanol–water partition coefficient (Wildman–Crippen LogP) is 2.95. The van der Waals surface area contributed by atoms with Gasteiger partial charge in [0, 0.05) is 0 Å². The Hall–Kier alpha value is -1.48. The average molecular weight is 194 g/mol. The molecule has 0 fully saturated rings. The first-order valence-electron chi connectivity index (χ1n) is 4.30. The Balaban J connectivity index is 3.02. The highest BCUT2D eigenvalue weighted by atomic mass is 17.1. The van der Waals surface area contributed by atoms with Crippen molar-refractivity contribution in [3.05, 3.63) is 41.3 Å². The molecule has 1 N–H and O–H groups in total. The first kappa shape index (κ1) is 10.6. The molecule has 0 saturated heterocycles. The summed E-state index contributed by atoms with van der Waals surface area (Å²) in [5.41, 5.74) is 3.14. The summed E-state index contributed by atoms with van der Waals surface area (Å²) in [6, 6.07) is 3.99. The van der Waals surface area contributed by atoms with E-state index in [1.54, 1.807) is 0 Å². The van der Waals surface area contributed by atoms with Crippen molar-refractivity contribution in [2.75, 3.05) is 0 Å². The zero-order chi connectivity index (χ0) is 10.7. The van der Waals surface area contributed by atoms with Crippen LogP contribution in [0, 0.1) is 20.8 Å². The summed E-state index contributed by atoms with van der Waals surface area (Å²) < 4.78 is 5.21. The summed E-state index contributed by atoms with van der Waals surface area (Å²) in [5.74, 6) is 0.551. The second-order valence-electron chi connectivity index (χ2n) is 3.29. The third kappa shape index (κ3) is 2.26. The Labute approximate surface area is 83.5 Å². The number of rotatable bonds is 3. The van der Waals surface area contributed by atoms with Gasteiger partial charge >= 0.3 is 5.95 Å². The van der Waals surface area contributed by atoms with E-state index in [0.717, 1.165) is 11.1 Å². The first-order chi connectivity index (χ1) is 6.54. The third-order valence-electron chi connectivity index (χ3n) is 1.92. The molecule has 0 spiro atoms. The molecule has 1 aromatic carbocycles. The molecule has 1 rings (SSSR count). The second-order valence-corrected chi connectivity index (χ2v) is 3.29. The van der Waals surface area contributed by atoms with Gasteiger partial charge in [0.2, 0.25) is 0 Å². The Kier molecular flexibility index (Phi) is 3.14. The predicted molar refractivity (Wildman–Crippen MR) is 54.1 cm³/mol. The molecule has 0 heterocycles. The topological polar surface area (TPSA) is 38.7 Å². The van der Waals surface area contributed by atoms with Crippen LogP contribution in [0.25, 0.3) is 0 Å². The van der Waals surface area contributed by atoms with Gasteiger partial charge < -0.3 is 9.62 Å². The maximum absolute atomic E-state index is 8.31. The lowest BCUT2D eigenvalue weighted by Crippen LogP contribution is -1.99. The average Bonchev–Trinajstić information content (AvgIpc) is 2.10. The molecule has 0 saturated carbocycles. The van der Waals surface area contributed by atoms with Crippen molar-refractivity contribution < 1.29 is 14.9 Å². The van der Waals surface area contributed by atoms with Gasteiger partial charge in [-0.25, -0.2) is 0 Å². The minimum atomic E-state index is -0.125. The van der Waals surface area contributed by atoms with Crippen molar-refractivity contribution in [3.8, 4) is 5.75 Å². The third-order valence-corrected chi connectivity index (χ3v) is 1.92. The molecular weight excluding hydrogens is 180 g/mol. The van der Waals surface area contributed by atoms with E-state index >= 15 is 0 Å². The standard InChI is InChI=1S/C11H14O3/c1-7-5-8(2)11(9(3)6-7)13-10(4)14-12/h5-6,12H,4H2,1-3H3. The van der Waals surface area contributed by atoms with Gasteiger partial charge in [-0.3, -0.25) is 0 Å². The van der Waals surface area contributed by atoms with Crippen LogP contribution in [0.15, 0.2) is 24.7 Å². The summed E-state index contributed by atoms with van der Waals surface area (Å²) in [7, 11) is 0. The van der Waals surface area contributed by atoms with Gasteiger partial charge in [-0.05, 0) is 38.5 Å². The molecule has 76 valence electrons. The molecule has 0 amide bonds. The van der Waals surface area contributed by atoms with Crippen LogP contribution < -0.4 is 4.74 Å². The number of hydrogen-bond acceptors (Lipinski definition) is 3. The van der Waals surface area contributed by atoms with Crippen molar-refractivity contribution >= 4 is 0 Å². The molecule has 0 aliphatic carbocycles. The molecule has 14 heavy (non-hydrogen) atoms. The Bertz CT molecular complexity index is 333. The van der Waals surface area contributed by atoms with Crippen LogP contribution in [0.2, 0.25) is 0 Å². The molecule has 0 atom stereocenters. The highest BCUT2D eigenvalue weighted by Crippen LogP contribution is 2.25. The molecule has 3 heteroatoms. The van der Waals surface area contributed by atoms with E-state index in [9.17, 15) is 0 Å². The van der Waals surface area contributed by atoms with Crippen molar-refractivity contribution in [1.82, 2.24) is 0 Å². The highest BCUT2D eigenvalue weighted by molar-refractivity contribution is 5.43. The van der Waals surface area contributed by atoms with Crippen LogP contribution in [-0.2, 0) is 4.89 Å².